The third-order valence-electron chi connectivity index (χ3n) is 3.64. The molecule has 21 heavy (non-hydrogen) atoms. The number of aromatic nitrogens is 2. The van der Waals surface area contributed by atoms with Gasteiger partial charge in [0.2, 0.25) is 0 Å². The molecule has 2 aromatic heterocycles. The molecule has 0 saturated heterocycles. The molecule has 2 heterocycles. The summed E-state index contributed by atoms with van der Waals surface area (Å²) >= 11 is 1.71. The van der Waals surface area contributed by atoms with E-state index in [2.05, 4.69) is 42.6 Å². The highest BCUT2D eigenvalue weighted by Gasteiger charge is 2.10. The second kappa shape index (κ2) is 7.55. The first-order chi connectivity index (χ1) is 10.1. The molecule has 0 aromatic carbocycles. The molecule has 0 amide bonds. The molecule has 0 saturated carbocycles. The Balaban J connectivity index is 2.20. The van der Waals surface area contributed by atoms with Gasteiger partial charge in [0.15, 0.2) is 4.80 Å². The molecule has 2 aromatic rings. The molecule has 0 N–H and O–H groups in total. The van der Waals surface area contributed by atoms with Gasteiger partial charge in [0, 0.05) is 23.3 Å². The van der Waals surface area contributed by atoms with Crippen molar-refractivity contribution in [2.45, 2.75) is 53.0 Å². The van der Waals surface area contributed by atoms with E-state index in [-0.39, 0.29) is 0 Å². The van der Waals surface area contributed by atoms with Crippen molar-refractivity contribution in [2.24, 2.45) is 10.9 Å². The quantitative estimate of drug-likeness (QED) is 0.748. The fraction of sp³-hybridized carbons (Fsp3) is 0.529. The lowest BCUT2D eigenvalue weighted by molar-refractivity contribution is 0.436. The lowest BCUT2D eigenvalue weighted by atomic mass is 10.0. The topological polar surface area (TPSA) is 30.2 Å². The van der Waals surface area contributed by atoms with Gasteiger partial charge in [-0.05, 0) is 38.3 Å². The molecule has 0 aliphatic rings. The normalized spacial score (nSPS) is 13.9. The van der Waals surface area contributed by atoms with E-state index in [4.69, 9.17) is 4.99 Å². The van der Waals surface area contributed by atoms with Crippen LogP contribution in [0.25, 0.3) is 0 Å². The van der Waals surface area contributed by atoms with Crippen LogP contribution in [0.5, 0.6) is 0 Å². The summed E-state index contributed by atoms with van der Waals surface area (Å²) < 4.78 is 2.36. The van der Waals surface area contributed by atoms with Gasteiger partial charge in [-0.2, -0.15) is 0 Å². The van der Waals surface area contributed by atoms with Crippen LogP contribution in [0.4, 0.5) is 5.69 Å². The molecule has 2 rings (SSSR count). The summed E-state index contributed by atoms with van der Waals surface area (Å²) in [6.07, 6.45) is 7.36. The van der Waals surface area contributed by atoms with Gasteiger partial charge in [0.25, 0.3) is 0 Å². The van der Waals surface area contributed by atoms with Gasteiger partial charge in [-0.1, -0.05) is 26.7 Å². The van der Waals surface area contributed by atoms with Crippen LogP contribution in [0.3, 0.4) is 0 Å². The largest absolute Gasteiger partial charge is 0.318 e. The van der Waals surface area contributed by atoms with E-state index in [1.54, 1.807) is 17.5 Å². The highest BCUT2D eigenvalue weighted by Crippen LogP contribution is 2.19. The number of rotatable bonds is 6. The zero-order valence-electron chi connectivity index (χ0n) is 13.4. The number of hydrogen-bond acceptors (Lipinski definition) is 3. The van der Waals surface area contributed by atoms with E-state index < -0.39 is 0 Å². The number of nitrogens with zero attached hydrogens (tertiary/aromatic N) is 3. The van der Waals surface area contributed by atoms with E-state index in [1.165, 1.54) is 25.0 Å². The summed E-state index contributed by atoms with van der Waals surface area (Å²) in [6, 6.07) is 4.41. The van der Waals surface area contributed by atoms with Gasteiger partial charge >= 0.3 is 0 Å². The molecular formula is C17H25N3S. The Hall–Kier alpha value is -1.42. The van der Waals surface area contributed by atoms with Gasteiger partial charge in [0.05, 0.1) is 11.9 Å². The number of aryl methyl sites for hydroxylation is 1. The minimum absolute atomic E-state index is 0.491. The van der Waals surface area contributed by atoms with Crippen LogP contribution in [-0.2, 0) is 0 Å². The first-order valence-corrected chi connectivity index (χ1v) is 8.57. The Morgan fingerprint density at radius 2 is 2.10 bits per heavy atom. The molecule has 0 aliphatic carbocycles. The minimum Gasteiger partial charge on any atom is -0.318 e. The predicted molar refractivity (Wildman–Crippen MR) is 89.9 cm³/mol. The molecule has 0 radical (unpaired) electrons. The summed E-state index contributed by atoms with van der Waals surface area (Å²) in [4.78, 5) is 9.95. The lowest BCUT2D eigenvalue weighted by Crippen LogP contribution is -2.20. The Morgan fingerprint density at radius 3 is 2.76 bits per heavy atom. The Kier molecular flexibility index (Phi) is 5.74. The number of hydrogen-bond donors (Lipinski definition) is 0. The van der Waals surface area contributed by atoms with Gasteiger partial charge in [-0.15, -0.1) is 11.3 Å². The summed E-state index contributed by atoms with van der Waals surface area (Å²) in [5, 5.41) is 2.19. The van der Waals surface area contributed by atoms with Crippen molar-refractivity contribution in [2.75, 3.05) is 0 Å². The number of thiazole rings is 1. The fourth-order valence-electron chi connectivity index (χ4n) is 2.50. The summed E-state index contributed by atoms with van der Waals surface area (Å²) in [5.74, 6) is 0.783. The molecule has 0 bridgehead atoms. The van der Waals surface area contributed by atoms with Crippen LogP contribution >= 0.6 is 11.3 Å². The average Bonchev–Trinajstić information content (AvgIpc) is 2.80. The smallest absolute Gasteiger partial charge is 0.190 e. The monoisotopic (exact) mass is 303 g/mol. The van der Waals surface area contributed by atoms with Gasteiger partial charge in [0.1, 0.15) is 0 Å². The van der Waals surface area contributed by atoms with Crippen molar-refractivity contribution in [3.05, 3.63) is 40.4 Å². The maximum Gasteiger partial charge on any atom is 0.190 e. The van der Waals surface area contributed by atoms with Crippen LogP contribution in [-0.4, -0.2) is 9.55 Å². The molecule has 3 nitrogen and oxygen atoms in total. The second-order valence-electron chi connectivity index (χ2n) is 6.03. The van der Waals surface area contributed by atoms with Crippen molar-refractivity contribution >= 4 is 17.0 Å². The molecule has 0 aliphatic heterocycles. The predicted octanol–water partition coefficient (Wildman–Crippen LogP) is 4.87. The van der Waals surface area contributed by atoms with E-state index >= 15 is 0 Å². The number of pyridine rings is 1. The molecule has 1 atom stereocenters. The van der Waals surface area contributed by atoms with E-state index in [9.17, 15) is 0 Å². The van der Waals surface area contributed by atoms with Crippen LogP contribution in [0, 0.1) is 12.8 Å². The molecule has 0 spiro atoms. The van der Waals surface area contributed by atoms with Crippen molar-refractivity contribution in [1.82, 2.24) is 9.55 Å². The van der Waals surface area contributed by atoms with Crippen molar-refractivity contribution < 1.29 is 0 Å². The van der Waals surface area contributed by atoms with Crippen molar-refractivity contribution in [3.8, 4) is 0 Å². The molecule has 114 valence electrons. The SMILES string of the molecule is Cc1csc(=Nc2cccnc2)n1C(C)CCCC(C)C. The summed E-state index contributed by atoms with van der Waals surface area (Å²) in [5.41, 5.74) is 2.21. The Labute approximate surface area is 131 Å². The summed E-state index contributed by atoms with van der Waals surface area (Å²) in [6.45, 7) is 9.04. The average molecular weight is 303 g/mol. The Morgan fingerprint density at radius 1 is 1.29 bits per heavy atom. The van der Waals surface area contributed by atoms with Gasteiger partial charge < -0.3 is 4.57 Å². The molecule has 1 unspecified atom stereocenters. The molecule has 0 fully saturated rings. The highest BCUT2D eigenvalue weighted by molar-refractivity contribution is 7.07. The van der Waals surface area contributed by atoms with E-state index in [0.717, 1.165) is 16.4 Å². The highest BCUT2D eigenvalue weighted by atomic mass is 32.1. The Bertz CT molecular complexity index is 610. The maximum absolute atomic E-state index is 4.75. The molecular weight excluding hydrogens is 278 g/mol. The zero-order chi connectivity index (χ0) is 15.2. The van der Waals surface area contributed by atoms with Crippen molar-refractivity contribution in [3.63, 3.8) is 0 Å². The zero-order valence-corrected chi connectivity index (χ0v) is 14.2. The lowest BCUT2D eigenvalue weighted by Gasteiger charge is -2.16. The third-order valence-corrected chi connectivity index (χ3v) is 4.59. The second-order valence-corrected chi connectivity index (χ2v) is 6.86. The third kappa shape index (κ3) is 4.53. The first kappa shape index (κ1) is 16.0. The van der Waals surface area contributed by atoms with E-state index in [1.807, 2.05) is 18.3 Å². The summed E-state index contributed by atoms with van der Waals surface area (Å²) in [7, 11) is 0. The first-order valence-electron chi connectivity index (χ1n) is 7.69. The standard InChI is InChI=1S/C17H25N3S/c1-13(2)7-5-8-14(3)20-15(4)12-21-17(20)19-16-9-6-10-18-11-16/h6,9-14H,5,7-8H2,1-4H3. The van der Waals surface area contributed by atoms with E-state index in [0.29, 0.717) is 6.04 Å². The van der Waals surface area contributed by atoms with Crippen LogP contribution in [0.15, 0.2) is 34.9 Å². The maximum atomic E-state index is 4.75. The van der Waals surface area contributed by atoms with Crippen molar-refractivity contribution in [1.29, 1.82) is 0 Å². The van der Waals surface area contributed by atoms with Crippen LogP contribution < -0.4 is 4.80 Å². The van der Waals surface area contributed by atoms with Gasteiger partial charge in [-0.25, -0.2) is 4.99 Å². The van der Waals surface area contributed by atoms with Crippen LogP contribution in [0.1, 0.15) is 51.8 Å². The van der Waals surface area contributed by atoms with Crippen LogP contribution in [0.2, 0.25) is 0 Å². The fourth-order valence-corrected chi connectivity index (χ4v) is 3.48. The molecule has 4 heteroatoms. The van der Waals surface area contributed by atoms with Gasteiger partial charge in [-0.3, -0.25) is 4.98 Å². The minimum atomic E-state index is 0.491.